The van der Waals surface area contributed by atoms with Crippen molar-refractivity contribution < 1.29 is 19.0 Å². The molecule has 108 valence electrons. The Morgan fingerprint density at radius 2 is 2.00 bits per heavy atom. The van der Waals surface area contributed by atoms with Gasteiger partial charge in [-0.2, -0.15) is 0 Å². The lowest BCUT2D eigenvalue weighted by molar-refractivity contribution is -0.124. The molecule has 0 bridgehead atoms. The predicted octanol–water partition coefficient (Wildman–Crippen LogP) is 2.24. The number of ether oxygens (including phenoxy) is 3. The topological polar surface area (TPSA) is 56.8 Å². The van der Waals surface area contributed by atoms with E-state index in [2.05, 4.69) is 5.32 Å². The second-order valence-electron chi connectivity index (χ2n) is 5.21. The van der Waals surface area contributed by atoms with Crippen LogP contribution in [0.1, 0.15) is 32.1 Å². The summed E-state index contributed by atoms with van der Waals surface area (Å²) in [4.78, 5) is 11.8. The number of carbonyl (C=O) groups is 1. The molecule has 20 heavy (non-hydrogen) atoms. The molecule has 1 saturated carbocycles. The van der Waals surface area contributed by atoms with Crippen LogP contribution in [-0.2, 0) is 4.79 Å². The standard InChI is InChI=1S/C15H19NO4/c17-15(16-11-4-2-1-3-5-11)9-18-12-6-7-13-14(8-12)20-10-19-13/h6-8,11H,1-5,9-10H2,(H,16,17). The van der Waals surface area contributed by atoms with E-state index in [1.54, 1.807) is 18.2 Å². The van der Waals surface area contributed by atoms with Crippen molar-refractivity contribution in [3.05, 3.63) is 18.2 Å². The summed E-state index contributed by atoms with van der Waals surface area (Å²) in [5, 5.41) is 3.02. The van der Waals surface area contributed by atoms with Crippen molar-refractivity contribution in [2.24, 2.45) is 0 Å². The summed E-state index contributed by atoms with van der Waals surface area (Å²) in [6.07, 6.45) is 5.84. The van der Waals surface area contributed by atoms with Crippen molar-refractivity contribution in [3.63, 3.8) is 0 Å². The predicted molar refractivity (Wildman–Crippen MR) is 73.1 cm³/mol. The molecule has 3 rings (SSSR count). The first-order chi connectivity index (χ1) is 9.81. The van der Waals surface area contributed by atoms with Gasteiger partial charge in [-0.05, 0) is 25.0 Å². The molecule has 0 atom stereocenters. The lowest BCUT2D eigenvalue weighted by Gasteiger charge is -2.22. The fourth-order valence-corrected chi connectivity index (χ4v) is 2.63. The van der Waals surface area contributed by atoms with E-state index in [4.69, 9.17) is 14.2 Å². The van der Waals surface area contributed by atoms with Crippen molar-refractivity contribution in [2.45, 2.75) is 38.1 Å². The zero-order chi connectivity index (χ0) is 13.8. The fraction of sp³-hybridized carbons (Fsp3) is 0.533. The summed E-state index contributed by atoms with van der Waals surface area (Å²) >= 11 is 0. The number of rotatable bonds is 4. The summed E-state index contributed by atoms with van der Waals surface area (Å²) in [6, 6.07) is 5.63. The van der Waals surface area contributed by atoms with Crippen LogP contribution in [-0.4, -0.2) is 25.3 Å². The summed E-state index contributed by atoms with van der Waals surface area (Å²) in [5.41, 5.74) is 0. The van der Waals surface area contributed by atoms with E-state index >= 15 is 0 Å². The minimum atomic E-state index is -0.0606. The number of fused-ring (bicyclic) bond motifs is 1. The Balaban J connectivity index is 1.47. The molecule has 0 saturated heterocycles. The van der Waals surface area contributed by atoms with Crippen molar-refractivity contribution in [3.8, 4) is 17.2 Å². The van der Waals surface area contributed by atoms with Gasteiger partial charge in [0.15, 0.2) is 18.1 Å². The molecule has 0 unspecified atom stereocenters. The molecule has 1 aromatic rings. The van der Waals surface area contributed by atoms with Gasteiger partial charge in [-0.15, -0.1) is 0 Å². The highest BCUT2D eigenvalue weighted by atomic mass is 16.7. The van der Waals surface area contributed by atoms with Crippen LogP contribution in [0.2, 0.25) is 0 Å². The quantitative estimate of drug-likeness (QED) is 0.917. The van der Waals surface area contributed by atoms with Crippen LogP contribution in [0.5, 0.6) is 17.2 Å². The zero-order valence-electron chi connectivity index (χ0n) is 11.4. The van der Waals surface area contributed by atoms with Gasteiger partial charge in [-0.1, -0.05) is 19.3 Å². The number of hydrogen-bond donors (Lipinski definition) is 1. The Kier molecular flexibility index (Phi) is 3.95. The van der Waals surface area contributed by atoms with E-state index in [9.17, 15) is 4.79 Å². The third kappa shape index (κ3) is 3.15. The summed E-state index contributed by atoms with van der Waals surface area (Å²) in [5.74, 6) is 1.93. The van der Waals surface area contributed by atoms with E-state index in [0.717, 1.165) is 12.8 Å². The Morgan fingerprint density at radius 3 is 2.85 bits per heavy atom. The van der Waals surface area contributed by atoms with E-state index < -0.39 is 0 Å². The largest absolute Gasteiger partial charge is 0.484 e. The van der Waals surface area contributed by atoms with Crippen LogP contribution >= 0.6 is 0 Å². The molecule has 2 aliphatic rings. The molecule has 1 aliphatic carbocycles. The smallest absolute Gasteiger partial charge is 0.258 e. The monoisotopic (exact) mass is 277 g/mol. The average Bonchev–Trinajstić information content (AvgIpc) is 2.93. The van der Waals surface area contributed by atoms with Crippen LogP contribution in [0, 0.1) is 0 Å². The molecular weight excluding hydrogens is 258 g/mol. The molecule has 0 radical (unpaired) electrons. The van der Waals surface area contributed by atoms with Crippen LogP contribution in [0.25, 0.3) is 0 Å². The third-order valence-corrected chi connectivity index (χ3v) is 3.68. The average molecular weight is 277 g/mol. The summed E-state index contributed by atoms with van der Waals surface area (Å²) in [7, 11) is 0. The SMILES string of the molecule is O=C(COc1ccc2c(c1)OCO2)NC1CCCCC1. The molecule has 1 aliphatic heterocycles. The van der Waals surface area contributed by atoms with Crippen LogP contribution in [0.3, 0.4) is 0 Å². The first-order valence-corrected chi connectivity index (χ1v) is 7.13. The Hall–Kier alpha value is -1.91. The summed E-state index contributed by atoms with van der Waals surface area (Å²) in [6.45, 7) is 0.275. The number of nitrogens with one attached hydrogen (secondary N) is 1. The second-order valence-corrected chi connectivity index (χ2v) is 5.21. The molecule has 5 nitrogen and oxygen atoms in total. The van der Waals surface area contributed by atoms with E-state index in [1.165, 1.54) is 19.3 Å². The van der Waals surface area contributed by atoms with Gasteiger partial charge in [-0.25, -0.2) is 0 Å². The van der Waals surface area contributed by atoms with Gasteiger partial charge in [0.25, 0.3) is 5.91 Å². The number of hydrogen-bond acceptors (Lipinski definition) is 4. The maximum Gasteiger partial charge on any atom is 0.258 e. The third-order valence-electron chi connectivity index (χ3n) is 3.68. The molecule has 1 N–H and O–H groups in total. The van der Waals surface area contributed by atoms with Crippen LogP contribution in [0.15, 0.2) is 18.2 Å². The molecule has 0 aromatic heterocycles. The lowest BCUT2D eigenvalue weighted by Crippen LogP contribution is -2.38. The fourth-order valence-electron chi connectivity index (χ4n) is 2.63. The van der Waals surface area contributed by atoms with Crippen molar-refractivity contribution in [2.75, 3.05) is 13.4 Å². The minimum absolute atomic E-state index is 0.0378. The lowest BCUT2D eigenvalue weighted by atomic mass is 9.95. The normalized spacial score (nSPS) is 17.8. The maximum absolute atomic E-state index is 11.8. The Bertz CT molecular complexity index is 483. The van der Waals surface area contributed by atoms with Gasteiger partial charge in [0, 0.05) is 12.1 Å². The second kappa shape index (κ2) is 6.03. The zero-order valence-corrected chi connectivity index (χ0v) is 11.4. The highest BCUT2D eigenvalue weighted by Gasteiger charge is 2.17. The minimum Gasteiger partial charge on any atom is -0.484 e. The Labute approximate surface area is 118 Å². The van der Waals surface area contributed by atoms with Gasteiger partial charge in [0.2, 0.25) is 6.79 Å². The van der Waals surface area contributed by atoms with Gasteiger partial charge < -0.3 is 19.5 Å². The van der Waals surface area contributed by atoms with E-state index in [0.29, 0.717) is 23.3 Å². The first-order valence-electron chi connectivity index (χ1n) is 7.13. The van der Waals surface area contributed by atoms with Gasteiger partial charge in [-0.3, -0.25) is 4.79 Å². The van der Waals surface area contributed by atoms with Crippen molar-refractivity contribution >= 4 is 5.91 Å². The van der Waals surface area contributed by atoms with Gasteiger partial charge in [0.05, 0.1) is 0 Å². The van der Waals surface area contributed by atoms with Crippen molar-refractivity contribution in [1.29, 1.82) is 0 Å². The highest BCUT2D eigenvalue weighted by Crippen LogP contribution is 2.35. The molecule has 0 spiro atoms. The number of benzene rings is 1. The number of amides is 1. The molecule has 1 heterocycles. The maximum atomic E-state index is 11.8. The molecule has 5 heteroatoms. The first kappa shape index (κ1) is 13.1. The number of carbonyl (C=O) groups excluding carboxylic acids is 1. The Morgan fingerprint density at radius 1 is 1.20 bits per heavy atom. The molecule has 1 aromatic carbocycles. The molecule has 1 fully saturated rings. The van der Waals surface area contributed by atoms with Crippen molar-refractivity contribution in [1.82, 2.24) is 5.32 Å². The summed E-state index contributed by atoms with van der Waals surface area (Å²) < 4.78 is 16.0. The van der Waals surface area contributed by atoms with Gasteiger partial charge in [0.1, 0.15) is 5.75 Å². The van der Waals surface area contributed by atoms with E-state index in [-0.39, 0.29) is 19.3 Å². The van der Waals surface area contributed by atoms with E-state index in [1.807, 2.05) is 0 Å². The molecule has 1 amide bonds. The molecular formula is C15H19NO4. The van der Waals surface area contributed by atoms with Crippen LogP contribution < -0.4 is 19.5 Å². The highest BCUT2D eigenvalue weighted by molar-refractivity contribution is 5.77. The van der Waals surface area contributed by atoms with Crippen LogP contribution in [0.4, 0.5) is 0 Å². The van der Waals surface area contributed by atoms with Gasteiger partial charge >= 0.3 is 0 Å².